The van der Waals surface area contributed by atoms with Crippen LogP contribution in [0, 0.1) is 10.1 Å². The normalized spacial score (nSPS) is 17.4. The van der Waals surface area contributed by atoms with Crippen LogP contribution in [0.2, 0.25) is 0 Å². The summed E-state index contributed by atoms with van der Waals surface area (Å²) < 4.78 is 9.69. The molecule has 1 atom stereocenters. The first-order valence-electron chi connectivity index (χ1n) is 5.70. The molecule has 102 valence electrons. The van der Waals surface area contributed by atoms with Gasteiger partial charge in [0.25, 0.3) is 0 Å². The first-order valence-corrected chi connectivity index (χ1v) is 5.70. The lowest BCUT2D eigenvalue weighted by Crippen LogP contribution is -2.33. The van der Waals surface area contributed by atoms with Gasteiger partial charge >= 0.3 is 11.7 Å². The number of nitrogens with zero attached hydrogens (tertiary/aromatic N) is 2. The number of ether oxygens (including phenoxy) is 2. The molecular weight excluding hydrogens is 254 g/mol. The van der Waals surface area contributed by atoms with E-state index >= 15 is 0 Å². The number of anilines is 1. The van der Waals surface area contributed by atoms with Gasteiger partial charge in [0, 0.05) is 25.4 Å². The average Bonchev–Trinajstić information content (AvgIpc) is 2.36. The minimum atomic E-state index is -0.663. The van der Waals surface area contributed by atoms with Gasteiger partial charge in [0.1, 0.15) is 0 Å². The Morgan fingerprint density at radius 2 is 2.47 bits per heavy atom. The fourth-order valence-electron chi connectivity index (χ4n) is 1.61. The summed E-state index contributed by atoms with van der Waals surface area (Å²) >= 11 is 0. The second-order valence-electron chi connectivity index (χ2n) is 4.00. The van der Waals surface area contributed by atoms with E-state index in [1.54, 1.807) is 0 Å². The number of pyridine rings is 1. The van der Waals surface area contributed by atoms with Gasteiger partial charge in [-0.15, -0.1) is 0 Å². The molecule has 0 radical (unpaired) electrons. The third-order valence-corrected chi connectivity index (χ3v) is 2.78. The molecule has 1 aromatic heterocycles. The van der Waals surface area contributed by atoms with Crippen LogP contribution in [0.25, 0.3) is 0 Å². The van der Waals surface area contributed by atoms with Crippen molar-refractivity contribution < 1.29 is 19.2 Å². The summed E-state index contributed by atoms with van der Waals surface area (Å²) in [6.07, 6.45) is 2.21. The lowest BCUT2D eigenvalue weighted by Gasteiger charge is -2.26. The zero-order chi connectivity index (χ0) is 13.8. The molecule has 0 unspecified atom stereocenters. The molecule has 2 rings (SSSR count). The highest BCUT2D eigenvalue weighted by Gasteiger charge is 2.22. The third-order valence-electron chi connectivity index (χ3n) is 2.78. The van der Waals surface area contributed by atoms with E-state index in [-0.39, 0.29) is 23.2 Å². The van der Waals surface area contributed by atoms with Crippen molar-refractivity contribution in [1.82, 2.24) is 4.98 Å². The Balaban J connectivity index is 2.16. The highest BCUT2D eigenvalue weighted by molar-refractivity contribution is 5.90. The Morgan fingerprint density at radius 3 is 3.00 bits per heavy atom. The predicted octanol–water partition coefficient (Wildman–Crippen LogP) is 0.977. The molecule has 1 N–H and O–H groups in total. The van der Waals surface area contributed by atoms with E-state index in [9.17, 15) is 14.9 Å². The van der Waals surface area contributed by atoms with E-state index in [0.29, 0.717) is 13.2 Å². The summed E-state index contributed by atoms with van der Waals surface area (Å²) in [5.41, 5.74) is -0.220. The van der Waals surface area contributed by atoms with Gasteiger partial charge in [-0.3, -0.25) is 10.1 Å². The summed E-state index contributed by atoms with van der Waals surface area (Å²) in [6.45, 7) is 1.16. The molecule has 1 aliphatic rings. The Labute approximate surface area is 108 Å². The number of nitro groups is 1. The smallest absolute Gasteiger partial charge is 0.339 e. The van der Waals surface area contributed by atoms with Crippen molar-refractivity contribution in [2.24, 2.45) is 0 Å². The highest BCUT2D eigenvalue weighted by Crippen LogP contribution is 2.24. The van der Waals surface area contributed by atoms with Crippen LogP contribution in [0.15, 0.2) is 12.3 Å². The van der Waals surface area contributed by atoms with Crippen LogP contribution in [0.3, 0.4) is 0 Å². The molecule has 0 amide bonds. The first kappa shape index (κ1) is 13.2. The van der Waals surface area contributed by atoms with Crippen LogP contribution >= 0.6 is 0 Å². The van der Waals surface area contributed by atoms with Crippen LogP contribution in [-0.4, -0.2) is 42.2 Å². The second-order valence-corrected chi connectivity index (χ2v) is 4.00. The molecule has 0 bridgehead atoms. The number of hydrogen-bond donors (Lipinski definition) is 1. The van der Waals surface area contributed by atoms with Crippen molar-refractivity contribution in [1.29, 1.82) is 0 Å². The van der Waals surface area contributed by atoms with Crippen molar-refractivity contribution in [3.63, 3.8) is 0 Å². The molecule has 8 heteroatoms. The zero-order valence-electron chi connectivity index (χ0n) is 10.3. The fraction of sp³-hybridized carbons (Fsp3) is 0.455. The zero-order valence-corrected chi connectivity index (χ0v) is 10.3. The molecule has 1 aliphatic heterocycles. The Bertz CT molecular complexity index is 501. The standard InChI is InChI=1S/C11H13N3O5/c1-18-11(15)7-4-9(14(16)17)10(12-5-7)13-6-8-2-3-19-8/h4-5,8H,2-3,6H2,1H3,(H,12,13)/t8-/m0/s1. The molecule has 1 saturated heterocycles. The summed E-state index contributed by atoms with van der Waals surface area (Å²) in [6, 6.07) is 1.14. The van der Waals surface area contributed by atoms with E-state index in [0.717, 1.165) is 12.5 Å². The molecule has 0 saturated carbocycles. The summed E-state index contributed by atoms with van der Waals surface area (Å²) in [7, 11) is 1.20. The largest absolute Gasteiger partial charge is 0.465 e. The van der Waals surface area contributed by atoms with Gasteiger partial charge in [-0.25, -0.2) is 9.78 Å². The fourth-order valence-corrected chi connectivity index (χ4v) is 1.61. The monoisotopic (exact) mass is 267 g/mol. The van der Waals surface area contributed by atoms with Crippen molar-refractivity contribution in [3.05, 3.63) is 27.9 Å². The lowest BCUT2D eigenvalue weighted by atomic mass is 10.2. The van der Waals surface area contributed by atoms with Crippen LogP contribution in [0.5, 0.6) is 0 Å². The Kier molecular flexibility index (Phi) is 3.91. The van der Waals surface area contributed by atoms with Gasteiger partial charge in [-0.05, 0) is 6.42 Å². The minimum absolute atomic E-state index is 0.0413. The van der Waals surface area contributed by atoms with Crippen molar-refractivity contribution in [3.8, 4) is 0 Å². The predicted molar refractivity (Wildman–Crippen MR) is 65.1 cm³/mol. The maximum absolute atomic E-state index is 11.3. The molecule has 0 aliphatic carbocycles. The molecule has 1 fully saturated rings. The number of esters is 1. The highest BCUT2D eigenvalue weighted by atomic mass is 16.6. The first-order chi connectivity index (χ1) is 9.11. The molecule has 19 heavy (non-hydrogen) atoms. The van der Waals surface area contributed by atoms with E-state index in [1.807, 2.05) is 0 Å². The molecule has 8 nitrogen and oxygen atoms in total. The number of hydrogen-bond acceptors (Lipinski definition) is 7. The number of rotatable bonds is 5. The number of carbonyl (C=O) groups excluding carboxylic acids is 1. The number of methoxy groups -OCH3 is 1. The minimum Gasteiger partial charge on any atom is -0.465 e. The van der Waals surface area contributed by atoms with Crippen LogP contribution in [0.4, 0.5) is 11.5 Å². The van der Waals surface area contributed by atoms with Gasteiger partial charge in [0.05, 0.1) is 23.7 Å². The van der Waals surface area contributed by atoms with Crippen LogP contribution in [0.1, 0.15) is 16.8 Å². The lowest BCUT2D eigenvalue weighted by molar-refractivity contribution is -0.384. The second kappa shape index (κ2) is 5.61. The SMILES string of the molecule is COC(=O)c1cnc(NC[C@@H]2CCO2)c([N+](=O)[O-])c1. The van der Waals surface area contributed by atoms with E-state index in [1.165, 1.54) is 13.3 Å². The van der Waals surface area contributed by atoms with Crippen molar-refractivity contribution in [2.45, 2.75) is 12.5 Å². The summed E-state index contributed by atoms with van der Waals surface area (Å²) in [4.78, 5) is 25.5. The van der Waals surface area contributed by atoms with Gasteiger partial charge < -0.3 is 14.8 Å². The molecule has 2 heterocycles. The number of aromatic nitrogens is 1. The van der Waals surface area contributed by atoms with E-state index < -0.39 is 10.9 Å². The van der Waals surface area contributed by atoms with Crippen molar-refractivity contribution >= 4 is 17.5 Å². The van der Waals surface area contributed by atoms with Gasteiger partial charge in [0.15, 0.2) is 0 Å². The maximum Gasteiger partial charge on any atom is 0.339 e. The van der Waals surface area contributed by atoms with Gasteiger partial charge in [0.2, 0.25) is 5.82 Å². The summed E-state index contributed by atoms with van der Waals surface area (Å²) in [5.74, 6) is -0.544. The number of nitrogens with one attached hydrogen (secondary N) is 1. The molecular formula is C11H13N3O5. The molecule has 0 aromatic carbocycles. The Morgan fingerprint density at radius 1 is 1.74 bits per heavy atom. The average molecular weight is 267 g/mol. The topological polar surface area (TPSA) is 104 Å². The van der Waals surface area contributed by atoms with Crippen molar-refractivity contribution in [2.75, 3.05) is 25.6 Å². The Hall–Kier alpha value is -2.22. The quantitative estimate of drug-likeness (QED) is 0.481. The number of carbonyl (C=O) groups is 1. The summed E-state index contributed by atoms with van der Waals surface area (Å²) in [5, 5.41) is 13.8. The van der Waals surface area contributed by atoms with E-state index in [2.05, 4.69) is 15.0 Å². The molecule has 1 aromatic rings. The van der Waals surface area contributed by atoms with Gasteiger partial charge in [-0.2, -0.15) is 0 Å². The van der Waals surface area contributed by atoms with Crippen LogP contribution < -0.4 is 5.32 Å². The third kappa shape index (κ3) is 2.97. The maximum atomic E-state index is 11.3. The molecule has 0 spiro atoms. The van der Waals surface area contributed by atoms with Gasteiger partial charge in [-0.1, -0.05) is 0 Å². The van der Waals surface area contributed by atoms with Crippen LogP contribution in [-0.2, 0) is 9.47 Å². The van der Waals surface area contributed by atoms with E-state index in [4.69, 9.17) is 4.74 Å².